The minimum atomic E-state index is -4.10. The van der Waals surface area contributed by atoms with E-state index >= 15 is 0 Å². The van der Waals surface area contributed by atoms with E-state index in [-0.39, 0.29) is 16.3 Å². The SMILES string of the molecule is CCOc1ccc(S(=O)(=O)NC(Cc2ccccc2)C(=O)Nc2ccc(C(=O)OC)cc2)cc1Cl. The van der Waals surface area contributed by atoms with E-state index in [1.807, 2.05) is 6.07 Å². The third-order valence-electron chi connectivity index (χ3n) is 4.98. The molecule has 0 fully saturated rings. The molecule has 0 radical (unpaired) electrons. The van der Waals surface area contributed by atoms with Crippen LogP contribution in [0.4, 0.5) is 5.69 Å². The van der Waals surface area contributed by atoms with Crippen molar-refractivity contribution in [3.63, 3.8) is 0 Å². The fraction of sp³-hybridized carbons (Fsp3) is 0.200. The molecule has 1 unspecified atom stereocenters. The van der Waals surface area contributed by atoms with Gasteiger partial charge in [-0.05, 0) is 61.4 Å². The van der Waals surface area contributed by atoms with Crippen molar-refractivity contribution >= 4 is 39.2 Å². The first-order chi connectivity index (χ1) is 16.7. The van der Waals surface area contributed by atoms with Gasteiger partial charge in [-0.3, -0.25) is 4.79 Å². The molecule has 10 heteroatoms. The van der Waals surface area contributed by atoms with Crippen LogP contribution in [0, 0.1) is 0 Å². The van der Waals surface area contributed by atoms with E-state index in [9.17, 15) is 18.0 Å². The molecule has 0 spiro atoms. The molecule has 0 bridgehead atoms. The van der Waals surface area contributed by atoms with Crippen LogP contribution in [0.25, 0.3) is 0 Å². The molecule has 0 aromatic heterocycles. The summed E-state index contributed by atoms with van der Waals surface area (Å²) in [4.78, 5) is 24.7. The number of methoxy groups -OCH3 is 1. The zero-order chi connectivity index (χ0) is 25.4. The van der Waals surface area contributed by atoms with Gasteiger partial charge in [-0.15, -0.1) is 0 Å². The number of sulfonamides is 1. The first kappa shape index (κ1) is 26.2. The smallest absolute Gasteiger partial charge is 0.337 e. The molecule has 0 aliphatic carbocycles. The lowest BCUT2D eigenvalue weighted by atomic mass is 10.1. The Kier molecular flexibility index (Phi) is 8.86. The lowest BCUT2D eigenvalue weighted by Gasteiger charge is -2.19. The van der Waals surface area contributed by atoms with Gasteiger partial charge in [0, 0.05) is 5.69 Å². The summed E-state index contributed by atoms with van der Waals surface area (Å²) in [5.74, 6) is -0.714. The topological polar surface area (TPSA) is 111 Å². The number of esters is 1. The molecule has 0 saturated carbocycles. The second kappa shape index (κ2) is 11.8. The van der Waals surface area contributed by atoms with Gasteiger partial charge in [0.2, 0.25) is 15.9 Å². The molecule has 184 valence electrons. The van der Waals surface area contributed by atoms with Crippen LogP contribution in [0.5, 0.6) is 5.75 Å². The van der Waals surface area contributed by atoms with Gasteiger partial charge in [0.05, 0.1) is 29.2 Å². The van der Waals surface area contributed by atoms with E-state index < -0.39 is 27.9 Å². The first-order valence-corrected chi connectivity index (χ1v) is 12.6. The molecule has 3 rings (SSSR count). The molecule has 2 N–H and O–H groups in total. The van der Waals surface area contributed by atoms with Crippen LogP contribution in [0.3, 0.4) is 0 Å². The highest BCUT2D eigenvalue weighted by atomic mass is 35.5. The maximum absolute atomic E-state index is 13.1. The molecule has 3 aromatic carbocycles. The normalized spacial score (nSPS) is 12.0. The fourth-order valence-electron chi connectivity index (χ4n) is 3.25. The standard InChI is InChI=1S/C25H25ClN2O6S/c1-3-34-23-14-13-20(16-21(23)26)35(31,32)28-22(15-17-7-5-4-6-8-17)24(29)27-19-11-9-18(10-12-19)25(30)33-2/h4-14,16,22,28H,3,15H2,1-2H3,(H,27,29). The van der Waals surface area contributed by atoms with E-state index in [0.29, 0.717) is 23.6 Å². The lowest BCUT2D eigenvalue weighted by Crippen LogP contribution is -2.45. The maximum atomic E-state index is 13.1. The van der Waals surface area contributed by atoms with Gasteiger partial charge in [0.25, 0.3) is 0 Å². The number of hydrogen-bond donors (Lipinski definition) is 2. The Labute approximate surface area is 209 Å². The Morgan fingerprint density at radius 3 is 2.29 bits per heavy atom. The predicted molar refractivity (Wildman–Crippen MR) is 133 cm³/mol. The van der Waals surface area contributed by atoms with Gasteiger partial charge in [0.1, 0.15) is 11.8 Å². The second-order valence-corrected chi connectivity index (χ2v) is 9.57. The number of hydrogen-bond acceptors (Lipinski definition) is 6. The van der Waals surface area contributed by atoms with E-state index in [1.165, 1.54) is 49.6 Å². The molecular weight excluding hydrogens is 492 g/mol. The average molecular weight is 517 g/mol. The lowest BCUT2D eigenvalue weighted by molar-refractivity contribution is -0.117. The van der Waals surface area contributed by atoms with Crippen molar-refractivity contribution < 1.29 is 27.5 Å². The minimum absolute atomic E-state index is 0.0979. The molecule has 1 atom stereocenters. The highest BCUT2D eigenvalue weighted by Gasteiger charge is 2.27. The molecule has 0 aliphatic rings. The van der Waals surface area contributed by atoms with Crippen LogP contribution in [-0.4, -0.2) is 40.1 Å². The summed E-state index contributed by atoms with van der Waals surface area (Å²) < 4.78 is 38.8. The predicted octanol–water partition coefficient (Wildman–Crippen LogP) is 4.05. The molecule has 3 aromatic rings. The molecule has 8 nitrogen and oxygen atoms in total. The Morgan fingerprint density at radius 2 is 1.69 bits per heavy atom. The van der Waals surface area contributed by atoms with Crippen LogP contribution in [-0.2, 0) is 26.0 Å². The van der Waals surface area contributed by atoms with Gasteiger partial charge in [-0.2, -0.15) is 4.72 Å². The van der Waals surface area contributed by atoms with E-state index in [4.69, 9.17) is 16.3 Å². The van der Waals surface area contributed by atoms with E-state index in [2.05, 4.69) is 14.8 Å². The number of halogens is 1. The zero-order valence-electron chi connectivity index (χ0n) is 19.2. The third-order valence-corrected chi connectivity index (χ3v) is 6.75. The van der Waals surface area contributed by atoms with Crippen molar-refractivity contribution in [2.45, 2.75) is 24.3 Å². The van der Waals surface area contributed by atoms with Crippen molar-refractivity contribution in [2.75, 3.05) is 19.0 Å². The van der Waals surface area contributed by atoms with Crippen molar-refractivity contribution in [3.05, 3.63) is 88.9 Å². The van der Waals surface area contributed by atoms with Crippen LogP contribution < -0.4 is 14.8 Å². The van der Waals surface area contributed by atoms with Crippen LogP contribution in [0.1, 0.15) is 22.8 Å². The highest BCUT2D eigenvalue weighted by Crippen LogP contribution is 2.27. The fourth-order valence-corrected chi connectivity index (χ4v) is 4.77. The third kappa shape index (κ3) is 7.05. The van der Waals surface area contributed by atoms with Crippen molar-refractivity contribution in [1.82, 2.24) is 4.72 Å². The average Bonchev–Trinajstić information content (AvgIpc) is 2.85. The highest BCUT2D eigenvalue weighted by molar-refractivity contribution is 7.89. The minimum Gasteiger partial charge on any atom is -0.492 e. The second-order valence-electron chi connectivity index (χ2n) is 7.45. The number of rotatable bonds is 10. The summed E-state index contributed by atoms with van der Waals surface area (Å²) in [5, 5.41) is 2.84. The van der Waals surface area contributed by atoms with Gasteiger partial charge in [-0.1, -0.05) is 41.9 Å². The number of carbonyl (C=O) groups is 2. The number of carbonyl (C=O) groups excluding carboxylic acids is 2. The summed E-state index contributed by atoms with van der Waals surface area (Å²) in [7, 11) is -2.83. The summed E-state index contributed by atoms with van der Waals surface area (Å²) in [6, 6.07) is 18.1. The molecule has 0 heterocycles. The van der Waals surface area contributed by atoms with Gasteiger partial charge < -0.3 is 14.8 Å². The summed E-state index contributed by atoms with van der Waals surface area (Å²) in [5.41, 5.74) is 1.48. The summed E-state index contributed by atoms with van der Waals surface area (Å²) in [6.45, 7) is 2.17. The number of benzene rings is 3. The number of amides is 1. The van der Waals surface area contributed by atoms with Gasteiger partial charge in [-0.25, -0.2) is 13.2 Å². The summed E-state index contributed by atoms with van der Waals surface area (Å²) >= 11 is 6.17. The molecule has 1 amide bonds. The quantitative estimate of drug-likeness (QED) is 0.393. The first-order valence-electron chi connectivity index (χ1n) is 10.7. The Bertz CT molecular complexity index is 1280. The molecule has 35 heavy (non-hydrogen) atoms. The Balaban J connectivity index is 1.84. The van der Waals surface area contributed by atoms with E-state index in [1.54, 1.807) is 31.2 Å². The number of anilines is 1. The number of ether oxygens (including phenoxy) is 2. The molecule has 0 aliphatic heterocycles. The molecular formula is C25H25ClN2O6S. The number of nitrogens with one attached hydrogen (secondary N) is 2. The molecule has 0 saturated heterocycles. The van der Waals surface area contributed by atoms with Crippen molar-refractivity contribution in [2.24, 2.45) is 0 Å². The Hall–Kier alpha value is -3.40. The van der Waals surface area contributed by atoms with E-state index in [0.717, 1.165) is 5.56 Å². The van der Waals surface area contributed by atoms with Crippen LogP contribution in [0.2, 0.25) is 5.02 Å². The van der Waals surface area contributed by atoms with Gasteiger partial charge in [0.15, 0.2) is 0 Å². The van der Waals surface area contributed by atoms with Crippen molar-refractivity contribution in [1.29, 1.82) is 0 Å². The largest absolute Gasteiger partial charge is 0.492 e. The monoisotopic (exact) mass is 516 g/mol. The summed E-state index contributed by atoms with van der Waals surface area (Å²) in [6.07, 6.45) is 0.108. The van der Waals surface area contributed by atoms with Gasteiger partial charge >= 0.3 is 5.97 Å². The maximum Gasteiger partial charge on any atom is 0.337 e. The van der Waals surface area contributed by atoms with Crippen LogP contribution in [0.15, 0.2) is 77.7 Å². The Morgan fingerprint density at radius 1 is 1.00 bits per heavy atom. The zero-order valence-corrected chi connectivity index (χ0v) is 20.7. The van der Waals surface area contributed by atoms with Crippen LogP contribution >= 0.6 is 11.6 Å². The van der Waals surface area contributed by atoms with Crippen molar-refractivity contribution in [3.8, 4) is 5.75 Å².